The Bertz CT molecular complexity index is 612. The van der Waals surface area contributed by atoms with Crippen LogP contribution in [0.2, 0.25) is 0 Å². The molecule has 0 spiro atoms. The maximum absolute atomic E-state index is 12.8. The highest BCUT2D eigenvalue weighted by atomic mass is 19.1. The second-order valence-corrected chi connectivity index (χ2v) is 5.02. The Hall–Kier alpha value is -2.43. The Kier molecular flexibility index (Phi) is 4.87. The molecule has 5 heteroatoms. The Morgan fingerprint density at radius 3 is 2.71 bits per heavy atom. The number of pyridine rings is 1. The summed E-state index contributed by atoms with van der Waals surface area (Å²) >= 11 is 0. The van der Waals surface area contributed by atoms with Crippen LogP contribution in [0.1, 0.15) is 24.2 Å². The van der Waals surface area contributed by atoms with Crippen molar-refractivity contribution < 1.29 is 13.9 Å². The molecule has 4 nitrogen and oxygen atoms in total. The van der Waals surface area contributed by atoms with Crippen molar-refractivity contribution in [3.8, 4) is 5.75 Å². The van der Waals surface area contributed by atoms with Crippen LogP contribution in [-0.2, 0) is 0 Å². The van der Waals surface area contributed by atoms with Crippen molar-refractivity contribution in [2.75, 3.05) is 11.9 Å². The number of benzene rings is 1. The summed E-state index contributed by atoms with van der Waals surface area (Å²) in [6.45, 7) is 4.65. The lowest BCUT2D eigenvalue weighted by Gasteiger charge is -2.13. The number of nitrogens with zero attached hydrogens (tertiary/aromatic N) is 1. The SMILES string of the molecule is CC(C)COc1ccccc1NC(=O)c1ccc(F)nc1. The predicted molar refractivity (Wildman–Crippen MR) is 78.9 cm³/mol. The van der Waals surface area contributed by atoms with Gasteiger partial charge in [0, 0.05) is 6.20 Å². The van der Waals surface area contributed by atoms with Gasteiger partial charge in [-0.15, -0.1) is 0 Å². The molecule has 0 aliphatic rings. The first-order chi connectivity index (χ1) is 10.1. The highest BCUT2D eigenvalue weighted by Gasteiger charge is 2.10. The van der Waals surface area contributed by atoms with E-state index in [1.54, 1.807) is 18.2 Å². The molecule has 0 unspecified atom stereocenters. The summed E-state index contributed by atoms with van der Waals surface area (Å²) in [6.07, 6.45) is 1.20. The van der Waals surface area contributed by atoms with Crippen molar-refractivity contribution >= 4 is 11.6 Å². The summed E-state index contributed by atoms with van der Waals surface area (Å²) in [5.41, 5.74) is 0.863. The summed E-state index contributed by atoms with van der Waals surface area (Å²) in [7, 11) is 0. The molecule has 1 aromatic carbocycles. The van der Waals surface area contributed by atoms with E-state index in [0.29, 0.717) is 24.0 Å². The zero-order valence-corrected chi connectivity index (χ0v) is 12.0. The fourth-order valence-corrected chi connectivity index (χ4v) is 1.66. The molecular weight excluding hydrogens is 271 g/mol. The Morgan fingerprint density at radius 1 is 1.29 bits per heavy atom. The maximum atomic E-state index is 12.8. The molecule has 0 bridgehead atoms. The average Bonchev–Trinajstić information content (AvgIpc) is 2.47. The van der Waals surface area contributed by atoms with Crippen LogP contribution in [0.5, 0.6) is 5.75 Å². The number of halogens is 1. The summed E-state index contributed by atoms with van der Waals surface area (Å²) in [5, 5.41) is 2.74. The van der Waals surface area contributed by atoms with Crippen LogP contribution in [0.15, 0.2) is 42.6 Å². The first-order valence-corrected chi connectivity index (χ1v) is 6.71. The van der Waals surface area contributed by atoms with Gasteiger partial charge in [-0.2, -0.15) is 4.39 Å². The smallest absolute Gasteiger partial charge is 0.257 e. The van der Waals surface area contributed by atoms with E-state index in [-0.39, 0.29) is 11.5 Å². The maximum Gasteiger partial charge on any atom is 0.257 e. The minimum Gasteiger partial charge on any atom is -0.491 e. The van der Waals surface area contributed by atoms with Gasteiger partial charge < -0.3 is 10.1 Å². The van der Waals surface area contributed by atoms with E-state index in [4.69, 9.17) is 4.74 Å². The summed E-state index contributed by atoms with van der Waals surface area (Å²) in [6, 6.07) is 9.72. The van der Waals surface area contributed by atoms with Crippen LogP contribution < -0.4 is 10.1 Å². The van der Waals surface area contributed by atoms with Crippen LogP contribution in [0.4, 0.5) is 10.1 Å². The molecule has 2 rings (SSSR count). The molecule has 1 aromatic heterocycles. The molecule has 2 aromatic rings. The van der Waals surface area contributed by atoms with Crippen LogP contribution in [0.3, 0.4) is 0 Å². The first kappa shape index (κ1) is 15.0. The number of ether oxygens (including phenoxy) is 1. The van der Waals surface area contributed by atoms with Crippen LogP contribution in [0, 0.1) is 11.9 Å². The molecular formula is C16H17FN2O2. The third-order valence-electron chi connectivity index (χ3n) is 2.70. The van der Waals surface area contributed by atoms with Crippen molar-refractivity contribution in [2.45, 2.75) is 13.8 Å². The Balaban J connectivity index is 2.11. The molecule has 0 aliphatic heterocycles. The quantitative estimate of drug-likeness (QED) is 0.857. The molecule has 0 aliphatic carbocycles. The van der Waals surface area contributed by atoms with Crippen LogP contribution in [-0.4, -0.2) is 17.5 Å². The summed E-state index contributed by atoms with van der Waals surface area (Å²) in [5.74, 6) is 0.0139. The number of rotatable bonds is 5. The van der Waals surface area contributed by atoms with Crippen molar-refractivity contribution in [2.24, 2.45) is 5.92 Å². The highest BCUT2D eigenvalue weighted by molar-refractivity contribution is 6.04. The fourth-order valence-electron chi connectivity index (χ4n) is 1.66. The largest absolute Gasteiger partial charge is 0.491 e. The molecule has 21 heavy (non-hydrogen) atoms. The summed E-state index contributed by atoms with van der Waals surface area (Å²) in [4.78, 5) is 15.6. The molecule has 1 heterocycles. The number of carbonyl (C=O) groups is 1. The van der Waals surface area contributed by atoms with Gasteiger partial charge in [0.25, 0.3) is 5.91 Å². The number of anilines is 1. The predicted octanol–water partition coefficient (Wildman–Crippen LogP) is 3.51. The minimum absolute atomic E-state index is 0.287. The average molecular weight is 288 g/mol. The second kappa shape index (κ2) is 6.83. The van der Waals surface area contributed by atoms with Crippen molar-refractivity contribution in [1.29, 1.82) is 0 Å². The van der Waals surface area contributed by atoms with E-state index in [1.807, 2.05) is 19.9 Å². The molecule has 1 amide bonds. The van der Waals surface area contributed by atoms with Crippen molar-refractivity contribution in [1.82, 2.24) is 4.98 Å². The third-order valence-corrected chi connectivity index (χ3v) is 2.70. The monoisotopic (exact) mass is 288 g/mol. The molecule has 1 N–H and O–H groups in total. The topological polar surface area (TPSA) is 51.2 Å². The van der Waals surface area contributed by atoms with Gasteiger partial charge in [0.2, 0.25) is 5.95 Å². The number of amides is 1. The van der Waals surface area contributed by atoms with E-state index in [0.717, 1.165) is 6.07 Å². The van der Waals surface area contributed by atoms with Crippen LogP contribution >= 0.6 is 0 Å². The molecule has 0 atom stereocenters. The highest BCUT2D eigenvalue weighted by Crippen LogP contribution is 2.24. The zero-order valence-electron chi connectivity index (χ0n) is 12.0. The molecule has 110 valence electrons. The van der Waals surface area contributed by atoms with Gasteiger partial charge in [-0.05, 0) is 30.2 Å². The fraction of sp³-hybridized carbons (Fsp3) is 0.250. The van der Waals surface area contributed by atoms with Gasteiger partial charge >= 0.3 is 0 Å². The first-order valence-electron chi connectivity index (χ1n) is 6.71. The van der Waals surface area contributed by atoms with E-state index >= 15 is 0 Å². The number of carbonyl (C=O) groups excluding carboxylic acids is 1. The molecule has 0 saturated carbocycles. The van der Waals surface area contributed by atoms with E-state index in [1.165, 1.54) is 12.3 Å². The van der Waals surface area contributed by atoms with Gasteiger partial charge in [-0.3, -0.25) is 4.79 Å². The molecule has 0 fully saturated rings. The van der Waals surface area contributed by atoms with Crippen LogP contribution in [0.25, 0.3) is 0 Å². The van der Waals surface area contributed by atoms with E-state index in [2.05, 4.69) is 10.3 Å². The molecule has 0 saturated heterocycles. The van der Waals surface area contributed by atoms with E-state index in [9.17, 15) is 9.18 Å². The normalized spacial score (nSPS) is 10.5. The lowest BCUT2D eigenvalue weighted by molar-refractivity contribution is 0.102. The van der Waals surface area contributed by atoms with Gasteiger partial charge in [0.15, 0.2) is 0 Å². The lowest BCUT2D eigenvalue weighted by atomic mass is 10.2. The van der Waals surface area contributed by atoms with Gasteiger partial charge in [0.1, 0.15) is 5.75 Å². The van der Waals surface area contributed by atoms with Gasteiger partial charge in [0.05, 0.1) is 17.9 Å². The standard InChI is InChI=1S/C16H17FN2O2/c1-11(2)10-21-14-6-4-3-5-13(14)19-16(20)12-7-8-15(17)18-9-12/h3-9,11H,10H2,1-2H3,(H,19,20). The number of nitrogens with one attached hydrogen (secondary N) is 1. The second-order valence-electron chi connectivity index (χ2n) is 5.02. The Morgan fingerprint density at radius 2 is 2.05 bits per heavy atom. The van der Waals surface area contributed by atoms with Gasteiger partial charge in [-0.1, -0.05) is 26.0 Å². The third kappa shape index (κ3) is 4.27. The number of para-hydroxylation sites is 2. The number of hydrogen-bond acceptors (Lipinski definition) is 3. The van der Waals surface area contributed by atoms with Crippen molar-refractivity contribution in [3.05, 3.63) is 54.1 Å². The Labute approximate surface area is 123 Å². The lowest BCUT2D eigenvalue weighted by Crippen LogP contribution is -2.14. The zero-order chi connectivity index (χ0) is 15.2. The van der Waals surface area contributed by atoms with E-state index < -0.39 is 5.95 Å². The molecule has 0 radical (unpaired) electrons. The summed E-state index contributed by atoms with van der Waals surface area (Å²) < 4.78 is 18.4. The van der Waals surface area contributed by atoms with Gasteiger partial charge in [-0.25, -0.2) is 4.98 Å². The number of hydrogen-bond donors (Lipinski definition) is 1. The minimum atomic E-state index is -0.618. The van der Waals surface area contributed by atoms with Crippen molar-refractivity contribution in [3.63, 3.8) is 0 Å². The number of aromatic nitrogens is 1.